The van der Waals surface area contributed by atoms with Crippen LogP contribution in [0.3, 0.4) is 0 Å². The van der Waals surface area contributed by atoms with E-state index in [2.05, 4.69) is 48.5 Å². The fourth-order valence-electron chi connectivity index (χ4n) is 5.00. The summed E-state index contributed by atoms with van der Waals surface area (Å²) in [5.41, 5.74) is 0. The van der Waals surface area contributed by atoms with E-state index in [1.165, 1.54) is 38.5 Å². The van der Waals surface area contributed by atoms with Gasteiger partial charge in [0.05, 0.1) is 0 Å². The minimum Gasteiger partial charge on any atom is -0.191 e. The second-order valence-corrected chi connectivity index (χ2v) is 14.6. The summed E-state index contributed by atoms with van der Waals surface area (Å²) in [7, 11) is 0. The SMILES string of the molecule is CCCCCCC[CH2][Al-]([CH2]C(C)C)([CH2]C(C)C)[CH2]C(C)C. The van der Waals surface area contributed by atoms with Gasteiger partial charge in [0.2, 0.25) is 0 Å². The predicted octanol–water partition coefficient (Wildman–Crippen LogP) is 7.76. The molecule has 128 valence electrons. The fourth-order valence-corrected chi connectivity index (χ4v) is 13.4. The summed E-state index contributed by atoms with van der Waals surface area (Å²) < 4.78 is 0. The lowest BCUT2D eigenvalue weighted by Gasteiger charge is -2.41. The highest BCUT2D eigenvalue weighted by Gasteiger charge is 2.30. The van der Waals surface area contributed by atoms with E-state index in [9.17, 15) is 0 Å². The lowest BCUT2D eigenvalue weighted by Crippen LogP contribution is -2.38. The van der Waals surface area contributed by atoms with Gasteiger partial charge in [-0.25, -0.2) is 0 Å². The Morgan fingerprint density at radius 1 is 0.571 bits per heavy atom. The molecule has 0 heterocycles. The molecule has 0 aliphatic rings. The van der Waals surface area contributed by atoms with Crippen molar-refractivity contribution in [3.63, 3.8) is 0 Å². The highest BCUT2D eigenvalue weighted by Crippen LogP contribution is 2.36. The molecule has 0 aliphatic carbocycles. The molecule has 0 unspecified atom stereocenters. The van der Waals surface area contributed by atoms with Gasteiger partial charge in [-0.1, -0.05) is 105 Å². The Bertz CT molecular complexity index is 203. The number of hydrogen-bond donors (Lipinski definition) is 0. The molecule has 0 spiro atoms. The maximum atomic E-state index is 2.46. The van der Waals surface area contributed by atoms with E-state index in [1.807, 2.05) is 0 Å². The normalized spacial score (nSPS) is 12.9. The lowest BCUT2D eigenvalue weighted by atomic mass is 10.1. The second-order valence-electron chi connectivity index (χ2n) is 9.18. The molecule has 0 atom stereocenters. The van der Waals surface area contributed by atoms with E-state index < -0.39 is 13.1 Å². The van der Waals surface area contributed by atoms with Gasteiger partial charge in [0, 0.05) is 0 Å². The molecule has 0 radical (unpaired) electrons. The fraction of sp³-hybridized carbons (Fsp3) is 1.00. The molecule has 0 saturated heterocycles. The Kier molecular flexibility index (Phi) is 12.3. The maximum absolute atomic E-state index is 2.46. The van der Waals surface area contributed by atoms with Crippen molar-refractivity contribution in [2.75, 3.05) is 0 Å². The smallest absolute Gasteiger partial charge is 0.135 e. The van der Waals surface area contributed by atoms with E-state index >= 15 is 0 Å². The summed E-state index contributed by atoms with van der Waals surface area (Å²) in [5.74, 6) is 2.73. The molecule has 0 nitrogen and oxygen atoms in total. The van der Waals surface area contributed by atoms with Gasteiger partial charge < -0.3 is 0 Å². The molecule has 0 aliphatic heterocycles. The van der Waals surface area contributed by atoms with Crippen LogP contribution in [-0.2, 0) is 0 Å². The first-order valence-corrected chi connectivity index (χ1v) is 13.3. The molecule has 0 amide bonds. The van der Waals surface area contributed by atoms with Gasteiger partial charge in [-0.05, 0) is 0 Å². The maximum Gasteiger partial charge on any atom is 0.135 e. The van der Waals surface area contributed by atoms with Crippen LogP contribution in [0.15, 0.2) is 0 Å². The van der Waals surface area contributed by atoms with Crippen molar-refractivity contribution < 1.29 is 0 Å². The Morgan fingerprint density at radius 2 is 0.952 bits per heavy atom. The van der Waals surface area contributed by atoms with Gasteiger partial charge in [0.15, 0.2) is 0 Å². The third-order valence-corrected chi connectivity index (χ3v) is 12.5. The molecule has 0 aromatic carbocycles. The summed E-state index contributed by atoms with van der Waals surface area (Å²) >= 11 is -1.39. The molecule has 0 aromatic heterocycles. The molecular formula is C20H44Al-. The average molecular weight is 312 g/mol. The van der Waals surface area contributed by atoms with Crippen LogP contribution in [0.2, 0.25) is 21.1 Å². The topological polar surface area (TPSA) is 0 Å². The molecule has 0 saturated carbocycles. The molecule has 0 N–H and O–H groups in total. The molecular weight excluding hydrogens is 267 g/mol. The monoisotopic (exact) mass is 311 g/mol. The van der Waals surface area contributed by atoms with Crippen molar-refractivity contribution in [1.82, 2.24) is 0 Å². The summed E-state index contributed by atoms with van der Waals surface area (Å²) in [6, 6.07) is 0. The average Bonchev–Trinajstić information content (AvgIpc) is 2.30. The van der Waals surface area contributed by atoms with Crippen LogP contribution in [0.25, 0.3) is 0 Å². The zero-order valence-electron chi connectivity index (χ0n) is 16.4. The first kappa shape index (κ1) is 21.5. The summed E-state index contributed by atoms with van der Waals surface area (Å²) in [5, 5.41) is 6.42. The van der Waals surface area contributed by atoms with Gasteiger partial charge in [-0.2, -0.15) is 21.1 Å². The predicted molar refractivity (Wildman–Crippen MR) is 103 cm³/mol. The molecule has 0 fully saturated rings. The summed E-state index contributed by atoms with van der Waals surface area (Å²) in [4.78, 5) is 0. The van der Waals surface area contributed by atoms with E-state index in [4.69, 9.17) is 0 Å². The number of unbranched alkanes of at least 4 members (excludes halogenated alkanes) is 5. The lowest BCUT2D eigenvalue weighted by molar-refractivity contribution is 0.603. The van der Waals surface area contributed by atoms with Gasteiger partial charge >= 0.3 is 0 Å². The Labute approximate surface area is 139 Å². The second kappa shape index (κ2) is 12.0. The van der Waals surface area contributed by atoms with Crippen LogP contribution in [0.5, 0.6) is 0 Å². The van der Waals surface area contributed by atoms with Crippen molar-refractivity contribution in [3.05, 3.63) is 0 Å². The summed E-state index contributed by atoms with van der Waals surface area (Å²) in [6.45, 7) is 17.0. The summed E-state index contributed by atoms with van der Waals surface area (Å²) in [6.07, 6.45) is 8.78. The third kappa shape index (κ3) is 11.7. The Balaban J connectivity index is 4.51. The van der Waals surface area contributed by atoms with E-state index in [0.717, 1.165) is 17.8 Å². The largest absolute Gasteiger partial charge is 0.191 e. The van der Waals surface area contributed by atoms with Crippen molar-refractivity contribution in [1.29, 1.82) is 0 Å². The molecule has 1 heteroatoms. The quantitative estimate of drug-likeness (QED) is 0.241. The van der Waals surface area contributed by atoms with Gasteiger partial charge in [-0.3, -0.25) is 0 Å². The van der Waals surface area contributed by atoms with Crippen LogP contribution < -0.4 is 0 Å². The van der Waals surface area contributed by atoms with Gasteiger partial charge in [0.25, 0.3) is 0 Å². The van der Waals surface area contributed by atoms with Crippen molar-refractivity contribution in [3.8, 4) is 0 Å². The highest BCUT2D eigenvalue weighted by molar-refractivity contribution is 6.80. The first-order chi connectivity index (χ1) is 9.81. The standard InChI is InChI=1S/C8H17.3C4H9.Al/c1-3-5-7-8-6-4-2;3*1-4(2)3;/h1,3-8H2,2H3;3*4H,1H2,2-3H3;/q;;;;-1. The van der Waals surface area contributed by atoms with E-state index in [1.54, 1.807) is 21.1 Å². The Morgan fingerprint density at radius 3 is 1.33 bits per heavy atom. The number of hydrogen-bond acceptors (Lipinski definition) is 0. The van der Waals surface area contributed by atoms with Crippen molar-refractivity contribution in [2.45, 2.75) is 108 Å². The highest BCUT2D eigenvalue weighted by atomic mass is 27.2. The van der Waals surface area contributed by atoms with Gasteiger partial charge in [0.1, 0.15) is 13.1 Å². The van der Waals surface area contributed by atoms with Crippen LogP contribution in [0, 0.1) is 17.8 Å². The minimum atomic E-state index is -1.39. The van der Waals surface area contributed by atoms with Gasteiger partial charge in [-0.15, -0.1) is 0 Å². The van der Waals surface area contributed by atoms with Crippen molar-refractivity contribution in [2.24, 2.45) is 17.8 Å². The van der Waals surface area contributed by atoms with E-state index in [-0.39, 0.29) is 0 Å². The Hall–Kier alpha value is 0.532. The number of rotatable bonds is 13. The molecule has 0 bridgehead atoms. The third-order valence-electron chi connectivity index (χ3n) is 5.08. The van der Waals surface area contributed by atoms with Crippen LogP contribution in [0.1, 0.15) is 87.0 Å². The molecule has 21 heavy (non-hydrogen) atoms. The molecule has 0 rings (SSSR count). The van der Waals surface area contributed by atoms with E-state index in [0.29, 0.717) is 0 Å². The van der Waals surface area contributed by atoms with Crippen molar-refractivity contribution >= 4 is 13.1 Å². The first-order valence-electron chi connectivity index (χ1n) is 10.0. The zero-order chi connectivity index (χ0) is 16.3. The van der Waals surface area contributed by atoms with Crippen LogP contribution >= 0.6 is 0 Å². The van der Waals surface area contributed by atoms with Crippen LogP contribution in [-0.4, -0.2) is 13.1 Å². The zero-order valence-corrected chi connectivity index (χ0v) is 17.5. The minimum absolute atomic E-state index is 0.910. The molecule has 0 aromatic rings. The van der Waals surface area contributed by atoms with Crippen LogP contribution in [0.4, 0.5) is 0 Å².